The van der Waals surface area contributed by atoms with Crippen LogP contribution in [-0.4, -0.2) is 47.5 Å². The van der Waals surface area contributed by atoms with Crippen molar-refractivity contribution in [3.63, 3.8) is 0 Å². The van der Waals surface area contributed by atoms with Gasteiger partial charge in [-0.15, -0.1) is 0 Å². The Morgan fingerprint density at radius 2 is 2.07 bits per heavy atom. The van der Waals surface area contributed by atoms with Crippen LogP contribution in [0.2, 0.25) is 0 Å². The lowest BCUT2D eigenvalue weighted by Gasteiger charge is -2.19. The van der Waals surface area contributed by atoms with Crippen LogP contribution in [0.5, 0.6) is 0 Å². The quantitative estimate of drug-likeness (QED) is 0.131. The predicted molar refractivity (Wildman–Crippen MR) is 100 cm³/mol. The minimum absolute atomic E-state index is 0.0670. The number of alkyl carbamates (subject to hydrolysis) is 1. The van der Waals surface area contributed by atoms with Crippen molar-refractivity contribution in [2.24, 2.45) is 5.11 Å². The van der Waals surface area contributed by atoms with Crippen molar-refractivity contribution in [1.82, 2.24) is 5.32 Å². The van der Waals surface area contributed by atoms with E-state index in [4.69, 9.17) is 10.3 Å². The van der Waals surface area contributed by atoms with E-state index >= 15 is 0 Å². The lowest BCUT2D eigenvalue weighted by atomic mass is 10.1. The molecule has 1 aromatic rings. The van der Waals surface area contributed by atoms with E-state index in [0.29, 0.717) is 6.29 Å². The molecule has 0 radical (unpaired) electrons. The number of rotatable bonds is 12. The number of carbonyl (C=O) groups is 2. The smallest absolute Gasteiger partial charge is 0.407 e. The van der Waals surface area contributed by atoms with Gasteiger partial charge in [0.05, 0.1) is 28.6 Å². The minimum atomic E-state index is -0.896. The molecule has 0 fully saturated rings. The lowest BCUT2D eigenvalue weighted by Crippen LogP contribution is -2.38. The second-order valence-electron chi connectivity index (χ2n) is 5.66. The third-order valence-electron chi connectivity index (χ3n) is 3.68. The molecule has 156 valence electrons. The molecule has 2 atom stereocenters. The number of amides is 1. The molecule has 1 rings (SSSR count). The van der Waals surface area contributed by atoms with Gasteiger partial charge in [-0.2, -0.15) is 0 Å². The summed E-state index contributed by atoms with van der Waals surface area (Å²) in [6.45, 7) is 1.67. The standard InChI is InChI=1S/C15H19N7O7/c1-2-29-15(24)19-10(8-17-20-16)3-4-11(9-23)18-13-6-5-12(21(25)26)7-14(13)22(27)28/h5-7,9-11,18H,2-4,8H2,1H3,(H,19,24)/t10-,11+/m0/s1. The van der Waals surface area contributed by atoms with Crippen LogP contribution < -0.4 is 10.6 Å². The van der Waals surface area contributed by atoms with Gasteiger partial charge in [0.1, 0.15) is 12.0 Å². The number of hydrogen-bond donors (Lipinski definition) is 2. The number of ether oxygens (including phenoxy) is 1. The van der Waals surface area contributed by atoms with Crippen molar-refractivity contribution >= 4 is 29.4 Å². The Labute approximate surface area is 164 Å². The topological polar surface area (TPSA) is 202 Å². The fourth-order valence-electron chi connectivity index (χ4n) is 2.35. The van der Waals surface area contributed by atoms with Gasteiger partial charge >= 0.3 is 6.09 Å². The zero-order valence-electron chi connectivity index (χ0n) is 15.4. The van der Waals surface area contributed by atoms with E-state index in [0.717, 1.165) is 18.2 Å². The second-order valence-corrected chi connectivity index (χ2v) is 5.66. The maximum absolute atomic E-state index is 11.5. The van der Waals surface area contributed by atoms with Crippen LogP contribution >= 0.6 is 0 Å². The zero-order valence-corrected chi connectivity index (χ0v) is 15.4. The van der Waals surface area contributed by atoms with Gasteiger partial charge < -0.3 is 20.2 Å². The predicted octanol–water partition coefficient (Wildman–Crippen LogP) is 2.69. The number of nitrogens with one attached hydrogen (secondary N) is 2. The van der Waals surface area contributed by atoms with Crippen LogP contribution in [0.3, 0.4) is 0 Å². The van der Waals surface area contributed by atoms with E-state index in [-0.39, 0.29) is 31.7 Å². The molecule has 14 nitrogen and oxygen atoms in total. The maximum atomic E-state index is 11.5. The first-order valence-corrected chi connectivity index (χ1v) is 8.41. The van der Waals surface area contributed by atoms with Gasteiger partial charge in [0.15, 0.2) is 0 Å². The summed E-state index contributed by atoms with van der Waals surface area (Å²) in [6.07, 6.45) is 0.109. The average Bonchev–Trinajstić information content (AvgIpc) is 2.68. The van der Waals surface area contributed by atoms with Gasteiger partial charge in [0, 0.05) is 23.6 Å². The van der Waals surface area contributed by atoms with E-state index in [1.54, 1.807) is 6.92 Å². The number of nitrogens with zero attached hydrogens (tertiary/aromatic N) is 5. The molecular weight excluding hydrogens is 390 g/mol. The Hall–Kier alpha value is -3.93. The highest BCUT2D eigenvalue weighted by atomic mass is 16.6. The van der Waals surface area contributed by atoms with Crippen LogP contribution in [0.1, 0.15) is 19.8 Å². The third-order valence-corrected chi connectivity index (χ3v) is 3.68. The summed E-state index contributed by atoms with van der Waals surface area (Å²) in [6, 6.07) is 1.48. The first kappa shape index (κ1) is 23.1. The summed E-state index contributed by atoms with van der Waals surface area (Å²) in [5.41, 5.74) is 7.37. The fourth-order valence-corrected chi connectivity index (χ4v) is 2.35. The van der Waals surface area contributed by atoms with Crippen molar-refractivity contribution in [2.45, 2.75) is 31.8 Å². The number of azide groups is 1. The first-order valence-electron chi connectivity index (χ1n) is 8.41. The van der Waals surface area contributed by atoms with E-state index in [1.807, 2.05) is 0 Å². The molecule has 0 saturated carbocycles. The molecular formula is C15H19N7O7. The molecule has 0 heterocycles. The van der Waals surface area contributed by atoms with Gasteiger partial charge in [-0.3, -0.25) is 20.2 Å². The van der Waals surface area contributed by atoms with Crippen LogP contribution in [0.4, 0.5) is 21.9 Å². The molecule has 1 amide bonds. The molecule has 0 saturated heterocycles. The van der Waals surface area contributed by atoms with Gasteiger partial charge in [-0.1, -0.05) is 5.11 Å². The van der Waals surface area contributed by atoms with Crippen LogP contribution in [-0.2, 0) is 9.53 Å². The molecule has 0 spiro atoms. The highest BCUT2D eigenvalue weighted by molar-refractivity contribution is 5.71. The van der Waals surface area contributed by atoms with Crippen molar-refractivity contribution in [1.29, 1.82) is 0 Å². The minimum Gasteiger partial charge on any atom is -0.450 e. The van der Waals surface area contributed by atoms with Gasteiger partial charge in [0.25, 0.3) is 11.4 Å². The van der Waals surface area contributed by atoms with Gasteiger partial charge in [-0.25, -0.2) is 4.79 Å². The normalized spacial score (nSPS) is 12.0. The molecule has 0 aliphatic rings. The monoisotopic (exact) mass is 409 g/mol. The summed E-state index contributed by atoms with van der Waals surface area (Å²) in [5.74, 6) is 0. The Morgan fingerprint density at radius 1 is 1.34 bits per heavy atom. The highest BCUT2D eigenvalue weighted by Crippen LogP contribution is 2.29. The molecule has 29 heavy (non-hydrogen) atoms. The summed E-state index contributed by atoms with van der Waals surface area (Å²) in [5, 5.41) is 30.5. The molecule has 1 aromatic carbocycles. The van der Waals surface area contributed by atoms with E-state index in [1.165, 1.54) is 0 Å². The van der Waals surface area contributed by atoms with Gasteiger partial charge in [0.2, 0.25) is 0 Å². The maximum Gasteiger partial charge on any atom is 0.407 e. The molecule has 14 heteroatoms. The average molecular weight is 409 g/mol. The van der Waals surface area contributed by atoms with Gasteiger partial charge in [-0.05, 0) is 31.4 Å². The largest absolute Gasteiger partial charge is 0.450 e. The molecule has 0 aliphatic heterocycles. The lowest BCUT2D eigenvalue weighted by molar-refractivity contribution is -0.393. The van der Waals surface area contributed by atoms with Crippen molar-refractivity contribution in [3.05, 3.63) is 48.9 Å². The number of anilines is 1. The van der Waals surface area contributed by atoms with Crippen molar-refractivity contribution in [3.8, 4) is 0 Å². The van der Waals surface area contributed by atoms with E-state index in [2.05, 4.69) is 20.7 Å². The first-order chi connectivity index (χ1) is 13.8. The van der Waals surface area contributed by atoms with Crippen LogP contribution in [0.25, 0.3) is 10.4 Å². The fraction of sp³-hybridized carbons (Fsp3) is 0.467. The van der Waals surface area contributed by atoms with E-state index in [9.17, 15) is 29.8 Å². The summed E-state index contributed by atoms with van der Waals surface area (Å²) >= 11 is 0. The summed E-state index contributed by atoms with van der Waals surface area (Å²) in [4.78, 5) is 45.9. The molecule has 0 unspecified atom stereocenters. The highest BCUT2D eigenvalue weighted by Gasteiger charge is 2.22. The molecule has 2 N–H and O–H groups in total. The Balaban J connectivity index is 2.87. The van der Waals surface area contributed by atoms with Crippen LogP contribution in [0, 0.1) is 20.2 Å². The zero-order chi connectivity index (χ0) is 21.8. The Morgan fingerprint density at radius 3 is 2.62 bits per heavy atom. The second kappa shape index (κ2) is 11.7. The van der Waals surface area contributed by atoms with E-state index < -0.39 is 39.4 Å². The van der Waals surface area contributed by atoms with Crippen LogP contribution in [0.15, 0.2) is 23.3 Å². The van der Waals surface area contributed by atoms with Crippen molar-refractivity contribution < 1.29 is 24.2 Å². The summed E-state index contributed by atoms with van der Waals surface area (Å²) < 4.78 is 4.75. The Bertz CT molecular complexity index is 810. The Kier molecular flexibility index (Phi) is 9.33. The number of non-ortho nitro benzene ring substituents is 1. The molecule has 0 aliphatic carbocycles. The number of hydrogen-bond acceptors (Lipinski definition) is 9. The number of benzene rings is 1. The summed E-state index contributed by atoms with van der Waals surface area (Å²) in [7, 11) is 0. The number of nitro benzene ring substituents is 2. The molecule has 0 aromatic heterocycles. The number of nitro groups is 2. The van der Waals surface area contributed by atoms with Crippen molar-refractivity contribution in [2.75, 3.05) is 18.5 Å². The SMILES string of the molecule is CCOC(=O)N[C@@H](CC[C@H](C=O)Nc1ccc([N+](=O)[O-])cc1[N+](=O)[O-])CN=[N+]=[N-]. The molecule has 0 bridgehead atoms. The number of carbonyl (C=O) groups excluding carboxylic acids is 2. The third kappa shape index (κ3) is 7.68. The number of aldehydes is 1.